The van der Waals surface area contributed by atoms with E-state index in [1.54, 1.807) is 18.2 Å². The number of fused-ring (bicyclic) bond motifs is 1. The number of thiazole rings is 1. The van der Waals surface area contributed by atoms with E-state index in [1.165, 1.54) is 49.5 Å². The fourth-order valence-corrected chi connectivity index (χ4v) is 6.04. The standard InChI is InChI=1S/C25H37N3OS/c1-19(2)24-18-30-25(26-24)17-27(11-12-29-3)15-20-7-6-10-28(16-20)23-13-21-8-4-5-9-22(21)14-23/h4-5,8-9,18-20,23H,6-7,10-17H2,1-3H3. The third-order valence-electron chi connectivity index (χ3n) is 6.74. The summed E-state index contributed by atoms with van der Waals surface area (Å²) in [6, 6.07) is 9.73. The molecule has 0 spiro atoms. The van der Waals surface area contributed by atoms with E-state index in [4.69, 9.17) is 9.72 Å². The zero-order valence-corrected chi connectivity index (χ0v) is 19.7. The summed E-state index contributed by atoms with van der Waals surface area (Å²) in [7, 11) is 1.80. The highest BCUT2D eigenvalue weighted by Crippen LogP contribution is 2.29. The molecule has 1 fully saturated rings. The number of likely N-dealkylation sites (tertiary alicyclic amines) is 1. The Bertz CT molecular complexity index is 780. The summed E-state index contributed by atoms with van der Waals surface area (Å²) in [5, 5.41) is 3.47. The number of methoxy groups -OCH3 is 1. The van der Waals surface area contributed by atoms with Crippen LogP contribution in [-0.4, -0.2) is 60.7 Å². The average molecular weight is 428 g/mol. The van der Waals surface area contributed by atoms with Crippen LogP contribution in [0.1, 0.15) is 54.4 Å². The molecular formula is C25H37N3OS. The van der Waals surface area contributed by atoms with Gasteiger partial charge in [-0.2, -0.15) is 0 Å². The van der Waals surface area contributed by atoms with Crippen LogP contribution in [0.3, 0.4) is 0 Å². The Hall–Kier alpha value is -1.27. The summed E-state index contributed by atoms with van der Waals surface area (Å²) < 4.78 is 5.41. The fraction of sp³-hybridized carbons (Fsp3) is 0.640. The van der Waals surface area contributed by atoms with Crippen LogP contribution < -0.4 is 0 Å². The van der Waals surface area contributed by atoms with E-state index in [1.807, 2.05) is 11.3 Å². The van der Waals surface area contributed by atoms with E-state index >= 15 is 0 Å². The van der Waals surface area contributed by atoms with Gasteiger partial charge in [-0.05, 0) is 55.2 Å². The first-order chi connectivity index (χ1) is 14.6. The van der Waals surface area contributed by atoms with Gasteiger partial charge in [-0.1, -0.05) is 38.1 Å². The normalized spacial score (nSPS) is 20.4. The van der Waals surface area contributed by atoms with E-state index in [9.17, 15) is 0 Å². The lowest BCUT2D eigenvalue weighted by Crippen LogP contribution is -2.46. The molecule has 0 saturated carbocycles. The van der Waals surface area contributed by atoms with Gasteiger partial charge in [0, 0.05) is 38.2 Å². The minimum absolute atomic E-state index is 0.505. The molecular weight excluding hydrogens is 390 g/mol. The molecule has 0 bridgehead atoms. The highest BCUT2D eigenvalue weighted by Gasteiger charge is 2.31. The maximum atomic E-state index is 5.41. The molecule has 30 heavy (non-hydrogen) atoms. The van der Waals surface area contributed by atoms with Crippen LogP contribution >= 0.6 is 11.3 Å². The van der Waals surface area contributed by atoms with Crippen molar-refractivity contribution in [3.8, 4) is 0 Å². The molecule has 2 heterocycles. The monoisotopic (exact) mass is 427 g/mol. The third-order valence-corrected chi connectivity index (χ3v) is 7.60. The van der Waals surface area contributed by atoms with Crippen molar-refractivity contribution in [1.82, 2.24) is 14.8 Å². The van der Waals surface area contributed by atoms with Gasteiger partial charge in [-0.25, -0.2) is 4.98 Å². The van der Waals surface area contributed by atoms with Crippen LogP contribution in [0.25, 0.3) is 0 Å². The Kier molecular flexibility index (Phi) is 7.58. The summed E-state index contributed by atoms with van der Waals surface area (Å²) in [5.74, 6) is 1.24. The second-order valence-electron chi connectivity index (χ2n) is 9.38. The fourth-order valence-electron chi connectivity index (χ4n) is 5.05. The molecule has 164 valence electrons. The molecule has 5 heteroatoms. The molecule has 2 aromatic rings. The summed E-state index contributed by atoms with van der Waals surface area (Å²) >= 11 is 1.81. The number of ether oxygens (including phenoxy) is 1. The number of aromatic nitrogens is 1. The number of hydrogen-bond acceptors (Lipinski definition) is 5. The lowest BCUT2D eigenvalue weighted by atomic mass is 9.95. The highest BCUT2D eigenvalue weighted by atomic mass is 32.1. The van der Waals surface area contributed by atoms with E-state index in [2.05, 4.69) is 53.3 Å². The summed E-state index contributed by atoms with van der Waals surface area (Å²) in [6.07, 6.45) is 5.12. The van der Waals surface area contributed by atoms with E-state index in [0.717, 1.165) is 32.2 Å². The molecule has 1 aromatic heterocycles. The van der Waals surface area contributed by atoms with Crippen molar-refractivity contribution >= 4 is 11.3 Å². The van der Waals surface area contributed by atoms with Crippen LogP contribution in [-0.2, 0) is 24.1 Å². The number of rotatable bonds is 9. The number of hydrogen-bond donors (Lipinski definition) is 0. The Morgan fingerprint density at radius 3 is 2.67 bits per heavy atom. The predicted molar refractivity (Wildman–Crippen MR) is 125 cm³/mol. The first kappa shape index (κ1) is 21.9. The second kappa shape index (κ2) is 10.4. The molecule has 4 rings (SSSR count). The zero-order chi connectivity index (χ0) is 20.9. The van der Waals surface area contributed by atoms with Crippen molar-refractivity contribution in [2.45, 2.75) is 58.0 Å². The highest BCUT2D eigenvalue weighted by molar-refractivity contribution is 7.09. The van der Waals surface area contributed by atoms with Gasteiger partial charge < -0.3 is 4.74 Å². The second-order valence-corrected chi connectivity index (χ2v) is 10.3. The molecule has 1 aliphatic heterocycles. The van der Waals surface area contributed by atoms with Crippen molar-refractivity contribution in [3.05, 3.63) is 51.5 Å². The summed E-state index contributed by atoms with van der Waals surface area (Å²) in [6.45, 7) is 10.8. The van der Waals surface area contributed by atoms with Gasteiger partial charge in [0.2, 0.25) is 0 Å². The van der Waals surface area contributed by atoms with E-state index in [0.29, 0.717) is 12.0 Å². The van der Waals surface area contributed by atoms with Crippen molar-refractivity contribution in [1.29, 1.82) is 0 Å². The molecule has 2 aliphatic rings. The van der Waals surface area contributed by atoms with Gasteiger partial charge in [0.05, 0.1) is 18.8 Å². The molecule has 4 nitrogen and oxygen atoms in total. The Morgan fingerprint density at radius 1 is 1.23 bits per heavy atom. The Labute approximate surface area is 186 Å². The minimum atomic E-state index is 0.505. The molecule has 1 aliphatic carbocycles. The Balaban J connectivity index is 1.35. The van der Waals surface area contributed by atoms with Crippen molar-refractivity contribution in [2.24, 2.45) is 5.92 Å². The number of nitrogens with zero attached hydrogens (tertiary/aromatic N) is 3. The Morgan fingerprint density at radius 2 is 2.00 bits per heavy atom. The maximum absolute atomic E-state index is 5.41. The van der Waals surface area contributed by atoms with Crippen molar-refractivity contribution < 1.29 is 4.74 Å². The van der Waals surface area contributed by atoms with Crippen LogP contribution in [0.2, 0.25) is 0 Å². The first-order valence-electron chi connectivity index (χ1n) is 11.6. The van der Waals surface area contributed by atoms with Gasteiger partial charge in [0.25, 0.3) is 0 Å². The molecule has 0 amide bonds. The van der Waals surface area contributed by atoms with Gasteiger partial charge in [-0.15, -0.1) is 11.3 Å². The van der Waals surface area contributed by atoms with Crippen molar-refractivity contribution in [2.75, 3.05) is 39.9 Å². The largest absolute Gasteiger partial charge is 0.383 e. The summed E-state index contributed by atoms with van der Waals surface area (Å²) in [5.41, 5.74) is 4.36. The minimum Gasteiger partial charge on any atom is -0.383 e. The van der Waals surface area contributed by atoms with Crippen LogP contribution in [0.5, 0.6) is 0 Å². The molecule has 1 atom stereocenters. The number of piperidine rings is 1. The quantitative estimate of drug-likeness (QED) is 0.585. The maximum Gasteiger partial charge on any atom is 0.107 e. The molecule has 0 radical (unpaired) electrons. The lowest BCUT2D eigenvalue weighted by Gasteiger charge is -2.38. The SMILES string of the molecule is COCCN(Cc1nc(C(C)C)cs1)CC1CCCN(C2Cc3ccccc3C2)C1. The molecule has 0 N–H and O–H groups in total. The molecule has 1 aromatic carbocycles. The van der Waals surface area contributed by atoms with Gasteiger partial charge in [0.15, 0.2) is 0 Å². The number of benzene rings is 1. The molecule has 1 saturated heterocycles. The average Bonchev–Trinajstić information content (AvgIpc) is 3.39. The van der Waals surface area contributed by atoms with Gasteiger partial charge in [-0.3, -0.25) is 9.80 Å². The lowest BCUT2D eigenvalue weighted by molar-refractivity contribution is 0.0843. The zero-order valence-electron chi connectivity index (χ0n) is 18.8. The van der Waals surface area contributed by atoms with E-state index in [-0.39, 0.29) is 0 Å². The first-order valence-corrected chi connectivity index (χ1v) is 12.5. The topological polar surface area (TPSA) is 28.6 Å². The predicted octanol–water partition coefficient (Wildman–Crippen LogP) is 4.59. The van der Waals surface area contributed by atoms with Crippen LogP contribution in [0.4, 0.5) is 0 Å². The third kappa shape index (κ3) is 5.50. The summed E-state index contributed by atoms with van der Waals surface area (Å²) in [4.78, 5) is 10.2. The smallest absolute Gasteiger partial charge is 0.107 e. The van der Waals surface area contributed by atoms with Gasteiger partial charge in [0.1, 0.15) is 5.01 Å². The molecule has 1 unspecified atom stereocenters. The van der Waals surface area contributed by atoms with Gasteiger partial charge >= 0.3 is 0 Å². The van der Waals surface area contributed by atoms with Crippen LogP contribution in [0, 0.1) is 5.92 Å². The van der Waals surface area contributed by atoms with E-state index < -0.39 is 0 Å². The van der Waals surface area contributed by atoms with Crippen LogP contribution in [0.15, 0.2) is 29.6 Å². The van der Waals surface area contributed by atoms with Crippen molar-refractivity contribution in [3.63, 3.8) is 0 Å².